The molecule has 0 amide bonds. The van der Waals surface area contributed by atoms with Gasteiger partial charge in [-0.2, -0.15) is 0 Å². The highest BCUT2D eigenvalue weighted by molar-refractivity contribution is 7.91. The Morgan fingerprint density at radius 3 is 2.67 bits per heavy atom. The molecule has 0 bridgehead atoms. The largest absolute Gasteiger partial charge is 0.492 e. The van der Waals surface area contributed by atoms with Crippen LogP contribution in [0, 0.1) is 12.3 Å². The molecule has 2 rings (SSSR count). The van der Waals surface area contributed by atoms with Crippen LogP contribution in [0.3, 0.4) is 0 Å². The van der Waals surface area contributed by atoms with Gasteiger partial charge in [-0.05, 0) is 30.7 Å². The quantitative estimate of drug-likeness (QED) is 0.748. The van der Waals surface area contributed by atoms with E-state index in [4.69, 9.17) is 22.8 Å². The van der Waals surface area contributed by atoms with Crippen LogP contribution >= 0.6 is 11.6 Å². The Labute approximate surface area is 131 Å². The van der Waals surface area contributed by atoms with Gasteiger partial charge in [0, 0.05) is 17.6 Å². The van der Waals surface area contributed by atoms with Crippen molar-refractivity contribution < 1.29 is 13.2 Å². The molecule has 1 saturated heterocycles. The fraction of sp³-hybridized carbons (Fsp3) is 0.467. The summed E-state index contributed by atoms with van der Waals surface area (Å²) in [7, 11) is -2.91. The average molecular weight is 328 g/mol. The van der Waals surface area contributed by atoms with E-state index in [0.717, 1.165) is 5.75 Å². The lowest BCUT2D eigenvalue weighted by Crippen LogP contribution is -2.39. The van der Waals surface area contributed by atoms with Crippen LogP contribution in [0.5, 0.6) is 5.75 Å². The van der Waals surface area contributed by atoms with E-state index in [0.29, 0.717) is 31.1 Å². The first-order chi connectivity index (χ1) is 10.00. The van der Waals surface area contributed by atoms with Gasteiger partial charge in [-0.1, -0.05) is 17.5 Å². The molecule has 0 spiro atoms. The summed E-state index contributed by atoms with van der Waals surface area (Å²) in [6, 6.07) is 7.13. The Morgan fingerprint density at radius 2 is 2.10 bits per heavy atom. The first kappa shape index (κ1) is 16.2. The molecule has 0 aliphatic carbocycles. The lowest BCUT2D eigenvalue weighted by Gasteiger charge is -2.25. The molecule has 21 heavy (non-hydrogen) atoms. The second-order valence-corrected chi connectivity index (χ2v) is 7.70. The second-order valence-electron chi connectivity index (χ2n) is 5.03. The first-order valence-corrected chi connectivity index (χ1v) is 8.96. The second kappa shape index (κ2) is 7.17. The predicted molar refractivity (Wildman–Crippen MR) is 84.4 cm³/mol. The Kier molecular flexibility index (Phi) is 5.51. The first-order valence-electron chi connectivity index (χ1n) is 6.76. The summed E-state index contributed by atoms with van der Waals surface area (Å²) in [6.45, 7) is 1.50. The molecule has 1 aliphatic heterocycles. The average Bonchev–Trinajstić information content (AvgIpc) is 2.80. The number of sulfone groups is 1. The van der Waals surface area contributed by atoms with Crippen LogP contribution in [0.25, 0.3) is 0 Å². The predicted octanol–water partition coefficient (Wildman–Crippen LogP) is 1.84. The van der Waals surface area contributed by atoms with Gasteiger partial charge in [0.05, 0.1) is 18.1 Å². The summed E-state index contributed by atoms with van der Waals surface area (Å²) in [5, 5.41) is 0.660. The van der Waals surface area contributed by atoms with Crippen molar-refractivity contribution in [1.29, 1.82) is 0 Å². The fourth-order valence-corrected chi connectivity index (χ4v) is 4.27. The Hall–Kier alpha value is -1.22. The van der Waals surface area contributed by atoms with E-state index in [2.05, 4.69) is 5.92 Å². The molecule has 1 aromatic carbocycles. The number of terminal acetylenes is 1. The smallest absolute Gasteiger partial charge is 0.151 e. The molecule has 1 atom stereocenters. The van der Waals surface area contributed by atoms with E-state index in [1.807, 2.05) is 4.90 Å². The van der Waals surface area contributed by atoms with Gasteiger partial charge >= 0.3 is 0 Å². The maximum Gasteiger partial charge on any atom is 0.151 e. The summed E-state index contributed by atoms with van der Waals surface area (Å²) in [6.07, 6.45) is 6.01. The van der Waals surface area contributed by atoms with Crippen molar-refractivity contribution in [3.8, 4) is 18.1 Å². The van der Waals surface area contributed by atoms with Crippen LogP contribution in [0.2, 0.25) is 5.02 Å². The van der Waals surface area contributed by atoms with E-state index in [-0.39, 0.29) is 17.5 Å². The van der Waals surface area contributed by atoms with Crippen LogP contribution in [-0.2, 0) is 9.84 Å². The van der Waals surface area contributed by atoms with Crippen molar-refractivity contribution in [1.82, 2.24) is 4.90 Å². The van der Waals surface area contributed by atoms with Crippen LogP contribution in [0.1, 0.15) is 6.42 Å². The van der Waals surface area contributed by atoms with Crippen LogP contribution in [0.4, 0.5) is 0 Å². The third-order valence-corrected chi connectivity index (χ3v) is 5.48. The molecule has 0 aromatic heterocycles. The normalized spacial score (nSPS) is 20.3. The number of hydrogen-bond donors (Lipinski definition) is 0. The third kappa shape index (κ3) is 4.92. The monoisotopic (exact) mass is 327 g/mol. The van der Waals surface area contributed by atoms with Gasteiger partial charge in [0.2, 0.25) is 0 Å². The Morgan fingerprint density at radius 1 is 1.38 bits per heavy atom. The molecule has 1 unspecified atom stereocenters. The molecule has 0 N–H and O–H groups in total. The SMILES string of the molecule is C#CCN(CCOc1ccc(Cl)cc1)C1CCS(=O)(=O)C1. The molecule has 114 valence electrons. The molecular weight excluding hydrogens is 310 g/mol. The maximum absolute atomic E-state index is 11.6. The van der Waals surface area contributed by atoms with Gasteiger partial charge in [-0.15, -0.1) is 6.42 Å². The van der Waals surface area contributed by atoms with Crippen LogP contribution < -0.4 is 4.74 Å². The van der Waals surface area contributed by atoms with Crippen molar-refractivity contribution in [2.75, 3.05) is 31.2 Å². The minimum atomic E-state index is -2.91. The molecule has 0 saturated carbocycles. The zero-order valence-corrected chi connectivity index (χ0v) is 13.2. The third-order valence-electron chi connectivity index (χ3n) is 3.48. The lowest BCUT2D eigenvalue weighted by molar-refractivity contribution is 0.187. The Bertz CT molecular complexity index is 607. The van der Waals surface area contributed by atoms with E-state index < -0.39 is 9.84 Å². The van der Waals surface area contributed by atoms with Gasteiger partial charge in [0.1, 0.15) is 12.4 Å². The van der Waals surface area contributed by atoms with E-state index in [1.165, 1.54) is 0 Å². The minimum absolute atomic E-state index is 0.000122. The number of hydrogen-bond acceptors (Lipinski definition) is 4. The van der Waals surface area contributed by atoms with Gasteiger partial charge in [0.25, 0.3) is 0 Å². The number of nitrogens with zero attached hydrogens (tertiary/aromatic N) is 1. The van der Waals surface area contributed by atoms with Crippen LogP contribution in [0.15, 0.2) is 24.3 Å². The molecule has 1 fully saturated rings. The molecule has 1 aromatic rings. The number of halogens is 1. The summed E-state index contributed by atoms with van der Waals surface area (Å²) < 4.78 is 28.7. The van der Waals surface area contributed by atoms with E-state index in [1.54, 1.807) is 24.3 Å². The highest BCUT2D eigenvalue weighted by Gasteiger charge is 2.31. The summed E-state index contributed by atoms with van der Waals surface area (Å²) >= 11 is 5.81. The highest BCUT2D eigenvalue weighted by Crippen LogP contribution is 2.18. The van der Waals surface area contributed by atoms with Gasteiger partial charge in [0.15, 0.2) is 9.84 Å². The van der Waals surface area contributed by atoms with Crippen molar-refractivity contribution in [3.63, 3.8) is 0 Å². The molecule has 0 radical (unpaired) electrons. The van der Waals surface area contributed by atoms with Crippen LogP contribution in [-0.4, -0.2) is 50.6 Å². The van der Waals surface area contributed by atoms with Crippen molar-refractivity contribution in [2.24, 2.45) is 0 Å². The summed E-state index contributed by atoms with van der Waals surface area (Å²) in [4.78, 5) is 2.00. The molecule has 1 aliphatic rings. The molecule has 4 nitrogen and oxygen atoms in total. The number of ether oxygens (including phenoxy) is 1. The molecule has 1 heterocycles. The topological polar surface area (TPSA) is 46.6 Å². The van der Waals surface area contributed by atoms with Crippen molar-refractivity contribution >= 4 is 21.4 Å². The molecular formula is C15H18ClNO3S. The van der Waals surface area contributed by atoms with Gasteiger partial charge in [-0.3, -0.25) is 4.90 Å². The lowest BCUT2D eigenvalue weighted by atomic mass is 10.2. The number of benzene rings is 1. The van der Waals surface area contributed by atoms with Gasteiger partial charge in [-0.25, -0.2) is 8.42 Å². The van der Waals surface area contributed by atoms with Crippen molar-refractivity contribution in [3.05, 3.63) is 29.3 Å². The van der Waals surface area contributed by atoms with Gasteiger partial charge < -0.3 is 4.74 Å². The van der Waals surface area contributed by atoms with E-state index in [9.17, 15) is 8.42 Å². The van der Waals surface area contributed by atoms with Crippen molar-refractivity contribution in [2.45, 2.75) is 12.5 Å². The standard InChI is InChI=1S/C15H18ClNO3S/c1-2-8-17(14-7-11-21(18,19)12-14)9-10-20-15-5-3-13(16)4-6-15/h1,3-6,14H,7-12H2. The minimum Gasteiger partial charge on any atom is -0.492 e. The fourth-order valence-electron chi connectivity index (χ4n) is 2.38. The number of rotatable bonds is 6. The zero-order chi connectivity index (χ0) is 15.3. The summed E-state index contributed by atoms with van der Waals surface area (Å²) in [5.74, 6) is 3.76. The zero-order valence-electron chi connectivity index (χ0n) is 11.7. The highest BCUT2D eigenvalue weighted by atomic mass is 35.5. The maximum atomic E-state index is 11.6. The summed E-state index contributed by atoms with van der Waals surface area (Å²) in [5.41, 5.74) is 0. The molecule has 6 heteroatoms. The van der Waals surface area contributed by atoms with E-state index >= 15 is 0 Å². The Balaban J connectivity index is 1.86.